The zero-order valence-electron chi connectivity index (χ0n) is 11.0. The van der Waals surface area contributed by atoms with Crippen LogP contribution in [0.15, 0.2) is 12.1 Å². The van der Waals surface area contributed by atoms with E-state index in [1.165, 1.54) is 0 Å². The molecule has 4 nitrogen and oxygen atoms in total. The summed E-state index contributed by atoms with van der Waals surface area (Å²) in [5.41, 5.74) is 1.23. The second-order valence-corrected chi connectivity index (χ2v) is 4.95. The predicted octanol–water partition coefficient (Wildman–Crippen LogP) is 2.72. The molecule has 0 aliphatic carbocycles. The van der Waals surface area contributed by atoms with Gasteiger partial charge in [0.2, 0.25) is 0 Å². The first-order valence-electron chi connectivity index (χ1n) is 6.62. The number of rotatable bonds is 4. The Morgan fingerprint density at radius 3 is 2.89 bits per heavy atom. The maximum Gasteiger partial charge on any atom is 0.335 e. The lowest BCUT2D eigenvalue weighted by molar-refractivity contribution is 0.0696. The molecule has 0 spiro atoms. The topological polar surface area (TPSA) is 53.4 Å². The van der Waals surface area contributed by atoms with E-state index in [9.17, 15) is 4.79 Å². The van der Waals surface area contributed by atoms with Gasteiger partial charge >= 0.3 is 5.97 Å². The molecule has 4 heteroatoms. The van der Waals surface area contributed by atoms with Gasteiger partial charge in [-0.3, -0.25) is 0 Å². The molecule has 0 radical (unpaired) electrons. The quantitative estimate of drug-likeness (QED) is 0.890. The molecule has 0 amide bonds. The first-order valence-corrected chi connectivity index (χ1v) is 6.62. The Morgan fingerprint density at radius 2 is 2.33 bits per heavy atom. The standard InChI is InChI=1S/C14H20N2O2/c1-3-5-12-8-11(14(17)18)9-13(15-12)16-7-4-6-10(16)2/h8-10H,3-7H2,1-2H3,(H,17,18). The first kappa shape index (κ1) is 12.9. The second kappa shape index (κ2) is 5.38. The van der Waals surface area contributed by atoms with Gasteiger partial charge < -0.3 is 10.0 Å². The van der Waals surface area contributed by atoms with Gasteiger partial charge in [0, 0.05) is 18.3 Å². The molecular weight excluding hydrogens is 228 g/mol. The minimum Gasteiger partial charge on any atom is -0.478 e. The normalized spacial score (nSPS) is 19.2. The van der Waals surface area contributed by atoms with Crippen LogP contribution in [0.1, 0.15) is 49.2 Å². The van der Waals surface area contributed by atoms with Crippen molar-refractivity contribution in [1.82, 2.24) is 4.98 Å². The van der Waals surface area contributed by atoms with Crippen molar-refractivity contribution in [3.8, 4) is 0 Å². The van der Waals surface area contributed by atoms with Gasteiger partial charge in [-0.15, -0.1) is 0 Å². The van der Waals surface area contributed by atoms with E-state index in [4.69, 9.17) is 5.11 Å². The molecule has 1 aliphatic heterocycles. The highest BCUT2D eigenvalue weighted by atomic mass is 16.4. The Morgan fingerprint density at radius 1 is 1.56 bits per heavy atom. The Labute approximate surface area is 108 Å². The van der Waals surface area contributed by atoms with E-state index in [2.05, 4.69) is 23.7 Å². The zero-order chi connectivity index (χ0) is 13.1. The van der Waals surface area contributed by atoms with Crippen molar-refractivity contribution in [2.24, 2.45) is 0 Å². The number of aromatic carboxylic acids is 1. The minimum absolute atomic E-state index is 0.350. The van der Waals surface area contributed by atoms with Crippen molar-refractivity contribution in [3.05, 3.63) is 23.4 Å². The number of aromatic nitrogens is 1. The number of carboxylic acids is 1. The molecule has 1 aromatic rings. The number of hydrogen-bond acceptors (Lipinski definition) is 3. The number of carboxylic acid groups (broad SMARTS) is 1. The van der Waals surface area contributed by atoms with Gasteiger partial charge in [-0.05, 0) is 38.3 Å². The number of hydrogen-bond donors (Lipinski definition) is 1. The summed E-state index contributed by atoms with van der Waals surface area (Å²) in [6, 6.07) is 3.84. The van der Waals surface area contributed by atoms with Crippen molar-refractivity contribution >= 4 is 11.8 Å². The molecule has 1 aromatic heterocycles. The van der Waals surface area contributed by atoms with E-state index < -0.39 is 5.97 Å². The fourth-order valence-corrected chi connectivity index (χ4v) is 2.50. The molecule has 2 rings (SSSR count). The van der Waals surface area contributed by atoms with E-state index in [1.54, 1.807) is 12.1 Å². The smallest absolute Gasteiger partial charge is 0.335 e. The maximum atomic E-state index is 11.2. The molecule has 1 atom stereocenters. The first-order chi connectivity index (χ1) is 8.61. The van der Waals surface area contributed by atoms with Crippen LogP contribution < -0.4 is 4.90 Å². The number of aryl methyl sites for hydroxylation is 1. The molecule has 1 saturated heterocycles. The van der Waals surface area contributed by atoms with Crippen LogP contribution in [0.3, 0.4) is 0 Å². The van der Waals surface area contributed by atoms with Crippen molar-refractivity contribution in [3.63, 3.8) is 0 Å². The van der Waals surface area contributed by atoms with Gasteiger partial charge in [-0.1, -0.05) is 13.3 Å². The van der Waals surface area contributed by atoms with Gasteiger partial charge in [0.15, 0.2) is 0 Å². The molecule has 1 fully saturated rings. The van der Waals surface area contributed by atoms with Crippen LogP contribution in [0.2, 0.25) is 0 Å². The van der Waals surface area contributed by atoms with Gasteiger partial charge in [0.25, 0.3) is 0 Å². The highest BCUT2D eigenvalue weighted by Crippen LogP contribution is 2.25. The summed E-state index contributed by atoms with van der Waals surface area (Å²) >= 11 is 0. The number of nitrogens with zero attached hydrogens (tertiary/aromatic N) is 2. The second-order valence-electron chi connectivity index (χ2n) is 4.95. The SMILES string of the molecule is CCCc1cc(C(=O)O)cc(N2CCCC2C)n1. The van der Waals surface area contributed by atoms with Crippen LogP contribution in [0, 0.1) is 0 Å². The predicted molar refractivity (Wildman–Crippen MR) is 71.2 cm³/mol. The van der Waals surface area contributed by atoms with Gasteiger partial charge in [-0.2, -0.15) is 0 Å². The molecule has 2 heterocycles. The molecular formula is C14H20N2O2. The monoisotopic (exact) mass is 248 g/mol. The van der Waals surface area contributed by atoms with Crippen LogP contribution in [0.5, 0.6) is 0 Å². The van der Waals surface area contributed by atoms with Crippen molar-refractivity contribution < 1.29 is 9.90 Å². The summed E-state index contributed by atoms with van der Waals surface area (Å²) in [4.78, 5) is 18.0. The minimum atomic E-state index is -0.872. The summed E-state index contributed by atoms with van der Waals surface area (Å²) in [5.74, 6) is -0.0498. The molecule has 1 N–H and O–H groups in total. The van der Waals surface area contributed by atoms with Crippen LogP contribution in [-0.4, -0.2) is 28.6 Å². The van der Waals surface area contributed by atoms with E-state index in [1.807, 2.05) is 0 Å². The van der Waals surface area contributed by atoms with Crippen molar-refractivity contribution in [1.29, 1.82) is 0 Å². The Bertz CT molecular complexity index is 445. The van der Waals surface area contributed by atoms with Gasteiger partial charge in [-0.25, -0.2) is 9.78 Å². The summed E-state index contributed by atoms with van der Waals surface area (Å²) in [5, 5.41) is 9.16. The summed E-state index contributed by atoms with van der Waals surface area (Å²) in [6.07, 6.45) is 4.12. The number of pyridine rings is 1. The molecule has 98 valence electrons. The fraction of sp³-hybridized carbons (Fsp3) is 0.571. The average Bonchev–Trinajstić information content (AvgIpc) is 2.75. The summed E-state index contributed by atoms with van der Waals surface area (Å²) in [6.45, 7) is 5.22. The zero-order valence-corrected chi connectivity index (χ0v) is 11.0. The van der Waals surface area contributed by atoms with E-state index in [-0.39, 0.29) is 0 Å². The Kier molecular flexibility index (Phi) is 3.84. The molecule has 1 unspecified atom stereocenters. The van der Waals surface area contributed by atoms with E-state index in [0.29, 0.717) is 11.6 Å². The van der Waals surface area contributed by atoms with Gasteiger partial charge in [0.05, 0.1) is 5.56 Å². The number of carbonyl (C=O) groups is 1. The molecule has 1 aliphatic rings. The highest BCUT2D eigenvalue weighted by Gasteiger charge is 2.22. The highest BCUT2D eigenvalue weighted by molar-refractivity contribution is 5.88. The summed E-state index contributed by atoms with van der Waals surface area (Å²) in [7, 11) is 0. The number of anilines is 1. The molecule has 0 aromatic carbocycles. The van der Waals surface area contributed by atoms with Gasteiger partial charge in [0.1, 0.15) is 5.82 Å². The lowest BCUT2D eigenvalue weighted by atomic mass is 10.1. The average molecular weight is 248 g/mol. The van der Waals surface area contributed by atoms with E-state index in [0.717, 1.165) is 43.7 Å². The Balaban J connectivity index is 2.36. The third-order valence-corrected chi connectivity index (χ3v) is 3.47. The molecule has 0 saturated carbocycles. The van der Waals surface area contributed by atoms with Crippen LogP contribution in [0.25, 0.3) is 0 Å². The van der Waals surface area contributed by atoms with Crippen molar-refractivity contribution in [2.45, 2.75) is 45.6 Å². The van der Waals surface area contributed by atoms with Crippen LogP contribution >= 0.6 is 0 Å². The summed E-state index contributed by atoms with van der Waals surface area (Å²) < 4.78 is 0. The lowest BCUT2D eigenvalue weighted by Crippen LogP contribution is -2.27. The maximum absolute atomic E-state index is 11.2. The molecule has 18 heavy (non-hydrogen) atoms. The van der Waals surface area contributed by atoms with Crippen LogP contribution in [-0.2, 0) is 6.42 Å². The lowest BCUT2D eigenvalue weighted by Gasteiger charge is -2.23. The van der Waals surface area contributed by atoms with Crippen LogP contribution in [0.4, 0.5) is 5.82 Å². The van der Waals surface area contributed by atoms with Crippen molar-refractivity contribution in [2.75, 3.05) is 11.4 Å². The van der Waals surface area contributed by atoms with E-state index >= 15 is 0 Å². The third-order valence-electron chi connectivity index (χ3n) is 3.47. The largest absolute Gasteiger partial charge is 0.478 e. The fourth-order valence-electron chi connectivity index (χ4n) is 2.50. The third kappa shape index (κ3) is 2.63. The molecule has 0 bridgehead atoms. The Hall–Kier alpha value is -1.58.